The summed E-state index contributed by atoms with van der Waals surface area (Å²) in [6, 6.07) is 11.1. The molecule has 2 heterocycles. The number of carbonyl (C=O) groups excluding carboxylic acids is 3. The summed E-state index contributed by atoms with van der Waals surface area (Å²) in [6.07, 6.45) is 2.93. The lowest BCUT2D eigenvalue weighted by Crippen LogP contribution is -2.51. The molecule has 2 aromatic rings. The molecule has 3 rings (SSSR count). The lowest BCUT2D eigenvalue weighted by atomic mass is 10.2. The van der Waals surface area contributed by atoms with Gasteiger partial charge in [-0.3, -0.25) is 9.59 Å². The van der Waals surface area contributed by atoms with Crippen LogP contribution in [0.15, 0.2) is 52.3 Å². The zero-order valence-electron chi connectivity index (χ0n) is 15.0. The first-order chi connectivity index (χ1) is 13.5. The minimum atomic E-state index is -0.567. The highest BCUT2D eigenvalue weighted by atomic mass is 79.9. The predicted molar refractivity (Wildman–Crippen MR) is 111 cm³/mol. The number of ether oxygens (including phenoxy) is 1. The summed E-state index contributed by atoms with van der Waals surface area (Å²) in [7, 11) is 0. The number of thiophene rings is 1. The first-order valence-electron chi connectivity index (χ1n) is 8.74. The van der Waals surface area contributed by atoms with Gasteiger partial charge in [0, 0.05) is 36.7 Å². The third-order valence-corrected chi connectivity index (χ3v) is 5.66. The molecule has 1 saturated heterocycles. The number of piperazine rings is 1. The van der Waals surface area contributed by atoms with Gasteiger partial charge in [0.15, 0.2) is 6.61 Å². The summed E-state index contributed by atoms with van der Waals surface area (Å²) in [4.78, 5) is 40.4. The number of nitrogens with zero attached hydrogens (tertiary/aromatic N) is 2. The molecule has 1 aromatic heterocycles. The summed E-state index contributed by atoms with van der Waals surface area (Å²) in [6.45, 7) is 1.51. The van der Waals surface area contributed by atoms with E-state index in [2.05, 4.69) is 15.9 Å². The first-order valence-corrected chi connectivity index (χ1v) is 10.4. The van der Waals surface area contributed by atoms with Crippen molar-refractivity contribution in [3.8, 4) is 0 Å². The van der Waals surface area contributed by atoms with Crippen molar-refractivity contribution in [1.82, 2.24) is 9.80 Å². The Kier molecular flexibility index (Phi) is 7.00. The van der Waals surface area contributed by atoms with E-state index in [0.29, 0.717) is 31.1 Å². The van der Waals surface area contributed by atoms with Crippen molar-refractivity contribution in [2.75, 3.05) is 32.8 Å². The average molecular weight is 463 g/mol. The number of carbonyl (C=O) groups is 3. The van der Waals surface area contributed by atoms with Crippen molar-refractivity contribution in [3.63, 3.8) is 0 Å². The summed E-state index contributed by atoms with van der Waals surface area (Å²) in [5.41, 5.74) is 0.859. The van der Waals surface area contributed by atoms with E-state index in [0.717, 1.165) is 10.0 Å². The molecule has 0 saturated carbocycles. The zero-order chi connectivity index (χ0) is 19.9. The van der Waals surface area contributed by atoms with E-state index in [1.807, 2.05) is 35.7 Å². The number of hydrogen-bond donors (Lipinski definition) is 0. The van der Waals surface area contributed by atoms with Crippen LogP contribution in [0.25, 0.3) is 6.08 Å². The molecule has 0 aliphatic carbocycles. The van der Waals surface area contributed by atoms with Gasteiger partial charge in [-0.2, -0.15) is 0 Å². The van der Waals surface area contributed by atoms with Gasteiger partial charge in [0.05, 0.1) is 4.88 Å². The Labute approximate surface area is 175 Å². The van der Waals surface area contributed by atoms with Gasteiger partial charge in [-0.15, -0.1) is 11.3 Å². The molecule has 0 bridgehead atoms. The van der Waals surface area contributed by atoms with E-state index >= 15 is 0 Å². The number of esters is 1. The topological polar surface area (TPSA) is 66.9 Å². The first kappa shape index (κ1) is 20.3. The van der Waals surface area contributed by atoms with Crippen LogP contribution in [-0.4, -0.2) is 60.4 Å². The smallest absolute Gasteiger partial charge is 0.331 e. The van der Waals surface area contributed by atoms with Gasteiger partial charge in [-0.25, -0.2) is 4.79 Å². The lowest BCUT2D eigenvalue weighted by molar-refractivity contribution is -0.148. The van der Waals surface area contributed by atoms with Crippen LogP contribution in [0.5, 0.6) is 0 Å². The maximum Gasteiger partial charge on any atom is 0.331 e. The standard InChI is InChI=1S/C20H19BrN2O4S/c21-16-6-3-15(4-7-16)5-8-19(25)27-14-18(24)22-9-11-23(12-10-22)20(26)17-2-1-13-28-17/h1-8,13H,9-12,14H2/b8-5+. The molecule has 1 aliphatic rings. The van der Waals surface area contributed by atoms with Gasteiger partial charge in [0.1, 0.15) is 0 Å². The molecular formula is C20H19BrN2O4S. The van der Waals surface area contributed by atoms with Crippen LogP contribution in [0.4, 0.5) is 0 Å². The molecule has 6 nitrogen and oxygen atoms in total. The Balaban J connectivity index is 1.41. The van der Waals surface area contributed by atoms with Gasteiger partial charge in [0.25, 0.3) is 11.8 Å². The molecule has 2 amide bonds. The summed E-state index contributed by atoms with van der Waals surface area (Å²) >= 11 is 4.76. The van der Waals surface area contributed by atoms with Crippen LogP contribution in [0.3, 0.4) is 0 Å². The van der Waals surface area contributed by atoms with Crippen LogP contribution in [0.2, 0.25) is 0 Å². The van der Waals surface area contributed by atoms with Crippen LogP contribution in [-0.2, 0) is 14.3 Å². The van der Waals surface area contributed by atoms with Crippen LogP contribution in [0.1, 0.15) is 15.2 Å². The second-order valence-electron chi connectivity index (χ2n) is 6.14. The molecule has 0 spiro atoms. The van der Waals surface area contributed by atoms with E-state index in [4.69, 9.17) is 4.74 Å². The summed E-state index contributed by atoms with van der Waals surface area (Å²) in [5, 5.41) is 1.87. The van der Waals surface area contributed by atoms with Crippen molar-refractivity contribution in [2.45, 2.75) is 0 Å². The van der Waals surface area contributed by atoms with E-state index in [-0.39, 0.29) is 18.4 Å². The minimum Gasteiger partial charge on any atom is -0.452 e. The molecule has 0 N–H and O–H groups in total. The second kappa shape index (κ2) is 9.66. The largest absolute Gasteiger partial charge is 0.452 e. The Morgan fingerprint density at radius 2 is 1.71 bits per heavy atom. The number of rotatable bonds is 5. The molecule has 8 heteroatoms. The highest BCUT2D eigenvalue weighted by Gasteiger charge is 2.25. The van der Waals surface area contributed by atoms with Crippen LogP contribution >= 0.6 is 27.3 Å². The average Bonchev–Trinajstić information content (AvgIpc) is 3.26. The number of amides is 2. The number of benzene rings is 1. The molecule has 1 fully saturated rings. The van der Waals surface area contributed by atoms with Gasteiger partial charge >= 0.3 is 5.97 Å². The van der Waals surface area contributed by atoms with Crippen molar-refractivity contribution < 1.29 is 19.1 Å². The van der Waals surface area contributed by atoms with E-state index in [1.54, 1.807) is 21.9 Å². The van der Waals surface area contributed by atoms with Gasteiger partial charge < -0.3 is 14.5 Å². The Bertz CT molecular complexity index is 857. The number of halogens is 1. The minimum absolute atomic E-state index is 0.00777. The highest BCUT2D eigenvalue weighted by molar-refractivity contribution is 9.10. The third kappa shape index (κ3) is 5.53. The fourth-order valence-corrected chi connectivity index (χ4v) is 3.68. The molecule has 28 heavy (non-hydrogen) atoms. The monoisotopic (exact) mass is 462 g/mol. The normalized spacial score (nSPS) is 14.3. The van der Waals surface area contributed by atoms with Gasteiger partial charge in [-0.05, 0) is 35.2 Å². The Hall–Kier alpha value is -2.45. The van der Waals surface area contributed by atoms with Crippen molar-refractivity contribution in [2.24, 2.45) is 0 Å². The molecule has 1 aromatic carbocycles. The van der Waals surface area contributed by atoms with E-state index in [1.165, 1.54) is 17.4 Å². The van der Waals surface area contributed by atoms with E-state index < -0.39 is 5.97 Å². The SMILES string of the molecule is O=C(/C=C/c1ccc(Br)cc1)OCC(=O)N1CCN(C(=O)c2cccs2)CC1. The molecule has 0 atom stereocenters. The molecule has 146 valence electrons. The maximum atomic E-state index is 12.3. The molecule has 0 radical (unpaired) electrons. The second-order valence-corrected chi connectivity index (χ2v) is 8.01. The fourth-order valence-electron chi connectivity index (χ4n) is 2.73. The third-order valence-electron chi connectivity index (χ3n) is 4.27. The fraction of sp³-hybridized carbons (Fsp3) is 0.250. The molecule has 1 aliphatic heterocycles. The Morgan fingerprint density at radius 3 is 2.36 bits per heavy atom. The molecular weight excluding hydrogens is 444 g/mol. The van der Waals surface area contributed by atoms with Crippen molar-refractivity contribution >= 4 is 51.1 Å². The number of hydrogen-bond acceptors (Lipinski definition) is 5. The predicted octanol–water partition coefficient (Wildman–Crippen LogP) is 3.05. The van der Waals surface area contributed by atoms with Crippen LogP contribution in [0, 0.1) is 0 Å². The van der Waals surface area contributed by atoms with Crippen LogP contribution < -0.4 is 0 Å². The maximum absolute atomic E-state index is 12.3. The summed E-state index contributed by atoms with van der Waals surface area (Å²) in [5.74, 6) is -0.831. The molecule has 0 unspecified atom stereocenters. The summed E-state index contributed by atoms with van der Waals surface area (Å²) < 4.78 is 5.98. The lowest BCUT2D eigenvalue weighted by Gasteiger charge is -2.34. The van der Waals surface area contributed by atoms with E-state index in [9.17, 15) is 14.4 Å². The highest BCUT2D eigenvalue weighted by Crippen LogP contribution is 2.14. The Morgan fingerprint density at radius 1 is 1.04 bits per heavy atom. The van der Waals surface area contributed by atoms with Gasteiger partial charge in [0.2, 0.25) is 0 Å². The van der Waals surface area contributed by atoms with Gasteiger partial charge in [-0.1, -0.05) is 34.1 Å². The van der Waals surface area contributed by atoms with Crippen molar-refractivity contribution in [1.29, 1.82) is 0 Å². The quantitative estimate of drug-likeness (QED) is 0.505. The van der Waals surface area contributed by atoms with Crippen molar-refractivity contribution in [3.05, 3.63) is 62.8 Å². The zero-order valence-corrected chi connectivity index (χ0v) is 17.4.